The van der Waals surface area contributed by atoms with Gasteiger partial charge in [0.05, 0.1) is 0 Å². The molecule has 0 spiro atoms. The highest BCUT2D eigenvalue weighted by Crippen LogP contribution is 2.30. The molecule has 1 fully saturated rings. The van der Waals surface area contributed by atoms with E-state index in [9.17, 15) is 9.59 Å². The molecule has 5 nitrogen and oxygen atoms in total. The number of hydrogen-bond donors (Lipinski definition) is 3. The lowest BCUT2D eigenvalue weighted by molar-refractivity contribution is -0.139. The summed E-state index contributed by atoms with van der Waals surface area (Å²) in [5.41, 5.74) is -0.165. The first-order valence-electron chi connectivity index (χ1n) is 5.39. The fourth-order valence-electron chi connectivity index (χ4n) is 1.69. The smallest absolute Gasteiger partial charge is 0.326 e. The third-order valence-electron chi connectivity index (χ3n) is 2.88. The SMILES string of the molecule is C=CCC(NC(=O)NC1(C)CCC1)C(=O)O. The van der Waals surface area contributed by atoms with E-state index in [1.54, 1.807) is 0 Å². The Morgan fingerprint density at radius 1 is 1.56 bits per heavy atom. The molecule has 90 valence electrons. The van der Waals surface area contributed by atoms with Crippen LogP contribution in [0.4, 0.5) is 4.79 Å². The molecular formula is C11H18N2O3. The minimum Gasteiger partial charge on any atom is -0.480 e. The topological polar surface area (TPSA) is 78.4 Å². The summed E-state index contributed by atoms with van der Waals surface area (Å²) in [6, 6.07) is -1.32. The van der Waals surface area contributed by atoms with Gasteiger partial charge in [-0.05, 0) is 32.6 Å². The van der Waals surface area contributed by atoms with Crippen LogP contribution >= 0.6 is 0 Å². The van der Waals surface area contributed by atoms with Crippen LogP contribution in [0.3, 0.4) is 0 Å². The van der Waals surface area contributed by atoms with Crippen molar-refractivity contribution in [1.29, 1.82) is 0 Å². The van der Waals surface area contributed by atoms with Crippen LogP contribution in [-0.2, 0) is 4.79 Å². The molecule has 0 aromatic heterocycles. The molecule has 1 rings (SSSR count). The van der Waals surface area contributed by atoms with Gasteiger partial charge < -0.3 is 15.7 Å². The number of hydrogen-bond acceptors (Lipinski definition) is 2. The molecule has 1 unspecified atom stereocenters. The van der Waals surface area contributed by atoms with Crippen LogP contribution in [0, 0.1) is 0 Å². The van der Waals surface area contributed by atoms with Crippen molar-refractivity contribution in [1.82, 2.24) is 10.6 Å². The number of carboxylic acid groups (broad SMARTS) is 1. The fraction of sp³-hybridized carbons (Fsp3) is 0.636. The van der Waals surface area contributed by atoms with E-state index >= 15 is 0 Å². The van der Waals surface area contributed by atoms with E-state index in [1.165, 1.54) is 6.08 Å². The molecule has 0 aliphatic heterocycles. The van der Waals surface area contributed by atoms with Crippen molar-refractivity contribution in [3.05, 3.63) is 12.7 Å². The molecule has 0 aromatic carbocycles. The summed E-state index contributed by atoms with van der Waals surface area (Å²) in [7, 11) is 0. The predicted molar refractivity (Wildman–Crippen MR) is 60.2 cm³/mol. The molecule has 0 aromatic rings. The Morgan fingerprint density at radius 3 is 2.56 bits per heavy atom. The number of aliphatic carboxylic acids is 1. The molecule has 0 heterocycles. The highest BCUT2D eigenvalue weighted by Gasteiger charge is 2.33. The summed E-state index contributed by atoms with van der Waals surface area (Å²) in [6.45, 7) is 5.41. The van der Waals surface area contributed by atoms with Crippen LogP contribution in [0.2, 0.25) is 0 Å². The van der Waals surface area contributed by atoms with E-state index in [2.05, 4.69) is 17.2 Å². The highest BCUT2D eigenvalue weighted by atomic mass is 16.4. The van der Waals surface area contributed by atoms with Crippen LogP contribution in [0.15, 0.2) is 12.7 Å². The summed E-state index contributed by atoms with van der Waals surface area (Å²) in [5.74, 6) is -1.05. The Morgan fingerprint density at radius 2 is 2.19 bits per heavy atom. The Labute approximate surface area is 94.9 Å². The van der Waals surface area contributed by atoms with Crippen molar-refractivity contribution in [3.63, 3.8) is 0 Å². The number of amides is 2. The lowest BCUT2D eigenvalue weighted by Crippen LogP contribution is -2.56. The van der Waals surface area contributed by atoms with Crippen molar-refractivity contribution in [2.24, 2.45) is 0 Å². The monoisotopic (exact) mass is 226 g/mol. The molecule has 1 aliphatic carbocycles. The maximum atomic E-state index is 11.5. The van der Waals surface area contributed by atoms with E-state index in [0.717, 1.165) is 19.3 Å². The lowest BCUT2D eigenvalue weighted by atomic mass is 9.79. The van der Waals surface area contributed by atoms with E-state index in [-0.39, 0.29) is 12.0 Å². The zero-order valence-corrected chi connectivity index (χ0v) is 9.45. The van der Waals surface area contributed by atoms with Crippen molar-refractivity contribution in [2.45, 2.75) is 44.2 Å². The largest absolute Gasteiger partial charge is 0.480 e. The lowest BCUT2D eigenvalue weighted by Gasteiger charge is -2.39. The van der Waals surface area contributed by atoms with Gasteiger partial charge in [0.2, 0.25) is 0 Å². The van der Waals surface area contributed by atoms with Crippen molar-refractivity contribution in [3.8, 4) is 0 Å². The quantitative estimate of drug-likeness (QED) is 0.617. The zero-order valence-electron chi connectivity index (χ0n) is 9.45. The minimum absolute atomic E-state index is 0.165. The third-order valence-corrected chi connectivity index (χ3v) is 2.88. The predicted octanol–water partition coefficient (Wildman–Crippen LogP) is 1.26. The van der Waals surface area contributed by atoms with Gasteiger partial charge >= 0.3 is 12.0 Å². The van der Waals surface area contributed by atoms with Crippen molar-refractivity contribution < 1.29 is 14.7 Å². The van der Waals surface area contributed by atoms with E-state index in [1.807, 2.05) is 6.92 Å². The Balaban J connectivity index is 2.41. The Hall–Kier alpha value is -1.52. The number of rotatable bonds is 5. The first-order chi connectivity index (χ1) is 7.47. The zero-order chi connectivity index (χ0) is 12.2. The maximum absolute atomic E-state index is 11.5. The minimum atomic E-state index is -1.05. The van der Waals surface area contributed by atoms with E-state index in [4.69, 9.17) is 5.11 Å². The number of carboxylic acids is 1. The van der Waals surface area contributed by atoms with E-state index in [0.29, 0.717) is 0 Å². The molecule has 0 bridgehead atoms. The van der Waals surface area contributed by atoms with Gasteiger partial charge in [-0.3, -0.25) is 0 Å². The van der Waals surface area contributed by atoms with Gasteiger partial charge in [0.1, 0.15) is 6.04 Å². The average Bonchev–Trinajstić information content (AvgIpc) is 2.14. The number of carbonyl (C=O) groups excluding carboxylic acids is 1. The normalized spacial score (nSPS) is 19.1. The third kappa shape index (κ3) is 3.25. The second-order valence-corrected chi connectivity index (χ2v) is 4.43. The molecule has 16 heavy (non-hydrogen) atoms. The first-order valence-corrected chi connectivity index (χ1v) is 5.39. The van der Waals surface area contributed by atoms with Gasteiger partial charge in [0.15, 0.2) is 0 Å². The van der Waals surface area contributed by atoms with Gasteiger partial charge in [0.25, 0.3) is 0 Å². The molecule has 0 radical (unpaired) electrons. The molecule has 1 aliphatic rings. The molecule has 5 heteroatoms. The van der Waals surface area contributed by atoms with Gasteiger partial charge in [0, 0.05) is 5.54 Å². The first kappa shape index (κ1) is 12.5. The van der Waals surface area contributed by atoms with Gasteiger partial charge in [-0.15, -0.1) is 6.58 Å². The molecule has 0 saturated heterocycles. The Kier molecular flexibility index (Phi) is 3.93. The molecule has 2 amide bonds. The molecule has 1 atom stereocenters. The standard InChI is InChI=1S/C11H18N2O3/c1-3-5-8(9(14)15)12-10(16)13-11(2)6-4-7-11/h3,8H,1,4-7H2,2H3,(H,14,15)(H2,12,13,16). The molecular weight excluding hydrogens is 208 g/mol. The summed E-state index contributed by atoms with van der Waals surface area (Å²) < 4.78 is 0. The van der Waals surface area contributed by atoms with Gasteiger partial charge in [-0.2, -0.15) is 0 Å². The van der Waals surface area contributed by atoms with Crippen LogP contribution in [0.5, 0.6) is 0 Å². The summed E-state index contributed by atoms with van der Waals surface area (Å²) >= 11 is 0. The number of carbonyl (C=O) groups is 2. The second kappa shape index (κ2) is 5.01. The summed E-state index contributed by atoms with van der Waals surface area (Å²) in [5, 5.41) is 14.0. The van der Waals surface area contributed by atoms with Crippen LogP contribution in [0.25, 0.3) is 0 Å². The van der Waals surface area contributed by atoms with Crippen LogP contribution in [-0.4, -0.2) is 28.7 Å². The van der Waals surface area contributed by atoms with Crippen LogP contribution in [0.1, 0.15) is 32.6 Å². The number of urea groups is 1. The fourth-order valence-corrected chi connectivity index (χ4v) is 1.69. The molecule has 1 saturated carbocycles. The van der Waals surface area contributed by atoms with Crippen LogP contribution < -0.4 is 10.6 Å². The van der Waals surface area contributed by atoms with Crippen molar-refractivity contribution >= 4 is 12.0 Å². The highest BCUT2D eigenvalue weighted by molar-refractivity contribution is 5.83. The average molecular weight is 226 g/mol. The van der Waals surface area contributed by atoms with Gasteiger partial charge in [-0.25, -0.2) is 9.59 Å². The van der Waals surface area contributed by atoms with Crippen molar-refractivity contribution in [2.75, 3.05) is 0 Å². The Bertz CT molecular complexity index is 298. The number of nitrogens with one attached hydrogen (secondary N) is 2. The second-order valence-electron chi connectivity index (χ2n) is 4.43. The summed E-state index contributed by atoms with van der Waals surface area (Å²) in [6.07, 6.45) is 4.69. The molecule has 3 N–H and O–H groups in total. The summed E-state index contributed by atoms with van der Waals surface area (Å²) in [4.78, 5) is 22.3. The van der Waals surface area contributed by atoms with E-state index < -0.39 is 18.0 Å². The van der Waals surface area contributed by atoms with Gasteiger partial charge in [-0.1, -0.05) is 6.08 Å². The maximum Gasteiger partial charge on any atom is 0.326 e.